The minimum Gasteiger partial charge on any atom is -0.381 e. The number of likely N-dealkylation sites (tertiary alicyclic amines) is 1. The standard InChI is InChI=1S/C18H36N4O2/c1-3-22-9-4-6-16(13-22)12-21-18(19-2)20-8-5-10-23-14-17-7-11-24-15-17/h16-17H,3-15H2,1-2H3,(H2,19,20,21). The van der Waals surface area contributed by atoms with Crippen LogP contribution in [0.25, 0.3) is 0 Å². The number of nitrogens with one attached hydrogen (secondary N) is 2. The van der Waals surface area contributed by atoms with Crippen LogP contribution in [0.15, 0.2) is 4.99 Å². The first kappa shape index (κ1) is 19.5. The molecule has 6 heteroatoms. The van der Waals surface area contributed by atoms with Crippen molar-refractivity contribution in [3.63, 3.8) is 0 Å². The van der Waals surface area contributed by atoms with Crippen molar-refractivity contribution in [3.8, 4) is 0 Å². The van der Waals surface area contributed by atoms with Gasteiger partial charge in [0.1, 0.15) is 0 Å². The highest BCUT2D eigenvalue weighted by atomic mass is 16.5. The summed E-state index contributed by atoms with van der Waals surface area (Å²) in [5.41, 5.74) is 0. The first-order valence-corrected chi connectivity index (χ1v) is 9.64. The summed E-state index contributed by atoms with van der Waals surface area (Å²) in [4.78, 5) is 6.86. The Bertz CT molecular complexity index is 359. The van der Waals surface area contributed by atoms with E-state index in [1.165, 1.54) is 25.9 Å². The molecule has 140 valence electrons. The van der Waals surface area contributed by atoms with Crippen LogP contribution in [0.1, 0.15) is 32.6 Å². The molecule has 0 aliphatic carbocycles. The summed E-state index contributed by atoms with van der Waals surface area (Å²) < 4.78 is 11.1. The fraction of sp³-hybridized carbons (Fsp3) is 0.944. The Hall–Kier alpha value is -0.850. The lowest BCUT2D eigenvalue weighted by atomic mass is 9.98. The Morgan fingerprint density at radius 2 is 2.21 bits per heavy atom. The van der Waals surface area contributed by atoms with Gasteiger partial charge in [-0.1, -0.05) is 6.92 Å². The topological polar surface area (TPSA) is 58.1 Å². The zero-order valence-electron chi connectivity index (χ0n) is 15.6. The molecule has 0 aromatic heterocycles. The Balaban J connectivity index is 1.49. The normalized spacial score (nSPS) is 25.8. The number of hydrogen-bond donors (Lipinski definition) is 2. The highest BCUT2D eigenvalue weighted by Gasteiger charge is 2.18. The molecule has 0 amide bonds. The fourth-order valence-electron chi connectivity index (χ4n) is 3.41. The van der Waals surface area contributed by atoms with E-state index in [1.807, 2.05) is 7.05 Å². The highest BCUT2D eigenvalue weighted by molar-refractivity contribution is 5.79. The quantitative estimate of drug-likeness (QED) is 0.377. The van der Waals surface area contributed by atoms with Crippen LogP contribution in [0.2, 0.25) is 0 Å². The minimum absolute atomic E-state index is 0.602. The molecule has 0 aromatic carbocycles. The van der Waals surface area contributed by atoms with Gasteiger partial charge in [-0.2, -0.15) is 0 Å². The maximum absolute atomic E-state index is 5.73. The third-order valence-corrected chi connectivity index (χ3v) is 4.97. The average molecular weight is 341 g/mol. The molecule has 6 nitrogen and oxygen atoms in total. The van der Waals surface area contributed by atoms with Gasteiger partial charge in [0, 0.05) is 45.8 Å². The molecule has 2 saturated heterocycles. The van der Waals surface area contributed by atoms with E-state index in [0.717, 1.165) is 70.8 Å². The summed E-state index contributed by atoms with van der Waals surface area (Å²) in [6.45, 7) is 11.2. The van der Waals surface area contributed by atoms with Crippen molar-refractivity contribution in [1.82, 2.24) is 15.5 Å². The number of rotatable bonds is 9. The molecule has 0 radical (unpaired) electrons. The summed E-state index contributed by atoms with van der Waals surface area (Å²) in [5, 5.41) is 6.86. The molecule has 2 unspecified atom stereocenters. The second-order valence-corrected chi connectivity index (χ2v) is 6.94. The largest absolute Gasteiger partial charge is 0.381 e. The molecule has 0 aromatic rings. The number of aliphatic imine (C=N–C) groups is 1. The van der Waals surface area contributed by atoms with Gasteiger partial charge in [0.15, 0.2) is 5.96 Å². The highest BCUT2D eigenvalue weighted by Crippen LogP contribution is 2.15. The van der Waals surface area contributed by atoms with Gasteiger partial charge >= 0.3 is 0 Å². The lowest BCUT2D eigenvalue weighted by molar-refractivity contribution is 0.0888. The van der Waals surface area contributed by atoms with Gasteiger partial charge in [0.2, 0.25) is 0 Å². The average Bonchev–Trinajstić information content (AvgIpc) is 3.14. The number of ether oxygens (including phenoxy) is 2. The number of piperidine rings is 1. The molecule has 2 N–H and O–H groups in total. The minimum atomic E-state index is 0.602. The van der Waals surface area contributed by atoms with Crippen molar-refractivity contribution >= 4 is 5.96 Å². The zero-order chi connectivity index (χ0) is 17.0. The van der Waals surface area contributed by atoms with Crippen LogP contribution in [-0.2, 0) is 9.47 Å². The molecular weight excluding hydrogens is 304 g/mol. The molecule has 2 heterocycles. The third kappa shape index (κ3) is 7.36. The van der Waals surface area contributed by atoms with Crippen molar-refractivity contribution in [1.29, 1.82) is 0 Å². The molecule has 2 rings (SSSR count). The summed E-state index contributed by atoms with van der Waals surface area (Å²) in [7, 11) is 1.84. The monoisotopic (exact) mass is 340 g/mol. The van der Waals surface area contributed by atoms with E-state index in [-0.39, 0.29) is 0 Å². The third-order valence-electron chi connectivity index (χ3n) is 4.97. The Labute approximate surface area is 147 Å². The molecule has 2 aliphatic heterocycles. The van der Waals surface area contributed by atoms with Gasteiger partial charge in [-0.3, -0.25) is 4.99 Å². The molecule has 2 aliphatic rings. The Morgan fingerprint density at radius 1 is 1.29 bits per heavy atom. The van der Waals surface area contributed by atoms with Crippen molar-refractivity contribution < 1.29 is 9.47 Å². The van der Waals surface area contributed by atoms with Crippen LogP contribution in [0.4, 0.5) is 0 Å². The van der Waals surface area contributed by atoms with Gasteiger partial charge in [-0.05, 0) is 44.7 Å². The van der Waals surface area contributed by atoms with Gasteiger partial charge in [-0.15, -0.1) is 0 Å². The number of hydrogen-bond acceptors (Lipinski definition) is 4. The molecule has 0 spiro atoms. The molecule has 24 heavy (non-hydrogen) atoms. The van der Waals surface area contributed by atoms with Crippen molar-refractivity contribution in [2.24, 2.45) is 16.8 Å². The molecule has 2 atom stereocenters. The second-order valence-electron chi connectivity index (χ2n) is 6.94. The summed E-state index contributed by atoms with van der Waals surface area (Å²) in [6, 6.07) is 0. The molecule has 2 fully saturated rings. The second kappa shape index (κ2) is 11.7. The summed E-state index contributed by atoms with van der Waals surface area (Å²) in [6.07, 6.45) is 4.78. The van der Waals surface area contributed by atoms with E-state index in [1.54, 1.807) is 0 Å². The van der Waals surface area contributed by atoms with Gasteiger partial charge in [-0.25, -0.2) is 0 Å². The van der Waals surface area contributed by atoms with E-state index in [4.69, 9.17) is 9.47 Å². The summed E-state index contributed by atoms with van der Waals surface area (Å²) >= 11 is 0. The van der Waals surface area contributed by atoms with E-state index >= 15 is 0 Å². The summed E-state index contributed by atoms with van der Waals surface area (Å²) in [5.74, 6) is 2.24. The smallest absolute Gasteiger partial charge is 0.190 e. The number of nitrogens with zero attached hydrogens (tertiary/aromatic N) is 2. The van der Waals surface area contributed by atoms with E-state index in [0.29, 0.717) is 5.92 Å². The number of guanidine groups is 1. The predicted molar refractivity (Wildman–Crippen MR) is 98.6 cm³/mol. The SMILES string of the molecule is CCN1CCCC(CNC(=NC)NCCCOCC2CCOC2)C1. The Morgan fingerprint density at radius 3 is 2.96 bits per heavy atom. The van der Waals surface area contributed by atoms with E-state index in [2.05, 4.69) is 27.4 Å². The van der Waals surface area contributed by atoms with Crippen molar-refractivity contribution in [2.45, 2.75) is 32.6 Å². The zero-order valence-corrected chi connectivity index (χ0v) is 15.6. The van der Waals surface area contributed by atoms with E-state index < -0.39 is 0 Å². The van der Waals surface area contributed by atoms with Crippen LogP contribution in [0.3, 0.4) is 0 Å². The maximum Gasteiger partial charge on any atom is 0.190 e. The lowest BCUT2D eigenvalue weighted by Crippen LogP contribution is -2.44. The van der Waals surface area contributed by atoms with Crippen LogP contribution in [-0.4, -0.2) is 77.1 Å². The van der Waals surface area contributed by atoms with Crippen LogP contribution >= 0.6 is 0 Å². The molecular formula is C18H36N4O2. The van der Waals surface area contributed by atoms with Crippen LogP contribution < -0.4 is 10.6 Å². The predicted octanol–water partition coefficient (Wildman–Crippen LogP) is 1.33. The van der Waals surface area contributed by atoms with Gasteiger partial charge in [0.05, 0.1) is 13.2 Å². The lowest BCUT2D eigenvalue weighted by Gasteiger charge is -2.32. The first-order valence-electron chi connectivity index (χ1n) is 9.64. The maximum atomic E-state index is 5.73. The van der Waals surface area contributed by atoms with Crippen LogP contribution in [0.5, 0.6) is 0 Å². The van der Waals surface area contributed by atoms with Gasteiger partial charge < -0.3 is 25.0 Å². The van der Waals surface area contributed by atoms with Crippen LogP contribution in [0, 0.1) is 11.8 Å². The first-order chi connectivity index (χ1) is 11.8. The van der Waals surface area contributed by atoms with Crippen molar-refractivity contribution in [3.05, 3.63) is 0 Å². The molecule has 0 bridgehead atoms. The van der Waals surface area contributed by atoms with Gasteiger partial charge in [0.25, 0.3) is 0 Å². The Kier molecular flexibility index (Phi) is 9.46. The van der Waals surface area contributed by atoms with Crippen molar-refractivity contribution in [2.75, 3.05) is 66.2 Å². The van der Waals surface area contributed by atoms with E-state index in [9.17, 15) is 0 Å². The molecule has 0 saturated carbocycles. The fourth-order valence-corrected chi connectivity index (χ4v) is 3.41.